The SMILES string of the molecule is O=[N+]([O-])c1cnc(N(CCC(F)(F)F)C[C@H](O)CO)c(Cl)c1. The Hall–Kier alpha value is -1.65. The van der Waals surface area contributed by atoms with Crippen LogP contribution in [0.5, 0.6) is 0 Å². The first-order valence-electron chi connectivity index (χ1n) is 6.04. The largest absolute Gasteiger partial charge is 0.394 e. The van der Waals surface area contributed by atoms with E-state index in [2.05, 4.69) is 4.98 Å². The number of aliphatic hydroxyl groups excluding tert-OH is 2. The van der Waals surface area contributed by atoms with Crippen LogP contribution in [0.3, 0.4) is 0 Å². The molecule has 7 nitrogen and oxygen atoms in total. The van der Waals surface area contributed by atoms with E-state index < -0.39 is 42.5 Å². The molecule has 0 spiro atoms. The van der Waals surface area contributed by atoms with E-state index >= 15 is 0 Å². The van der Waals surface area contributed by atoms with E-state index in [9.17, 15) is 28.4 Å². The second-order valence-corrected chi connectivity index (χ2v) is 4.81. The fourth-order valence-corrected chi connectivity index (χ4v) is 1.89. The second-order valence-electron chi connectivity index (χ2n) is 4.40. The van der Waals surface area contributed by atoms with Gasteiger partial charge in [0.15, 0.2) is 0 Å². The zero-order valence-electron chi connectivity index (χ0n) is 11.1. The molecule has 1 atom stereocenters. The van der Waals surface area contributed by atoms with Gasteiger partial charge in [0.2, 0.25) is 0 Å². The molecule has 1 aromatic rings. The zero-order valence-corrected chi connectivity index (χ0v) is 11.9. The summed E-state index contributed by atoms with van der Waals surface area (Å²) < 4.78 is 37.0. The van der Waals surface area contributed by atoms with Crippen LogP contribution >= 0.6 is 11.6 Å². The van der Waals surface area contributed by atoms with E-state index in [0.717, 1.165) is 17.2 Å². The average Bonchev–Trinajstić information content (AvgIpc) is 2.42. The summed E-state index contributed by atoms with van der Waals surface area (Å²) in [4.78, 5) is 14.5. The summed E-state index contributed by atoms with van der Waals surface area (Å²) in [5, 5.41) is 28.6. The highest BCUT2D eigenvalue weighted by Crippen LogP contribution is 2.29. The average molecular weight is 344 g/mol. The van der Waals surface area contributed by atoms with E-state index in [4.69, 9.17) is 16.7 Å². The molecule has 0 radical (unpaired) electrons. The normalized spacial score (nSPS) is 13.0. The van der Waals surface area contributed by atoms with Gasteiger partial charge in [0, 0.05) is 19.2 Å². The van der Waals surface area contributed by atoms with Gasteiger partial charge in [-0.05, 0) is 0 Å². The van der Waals surface area contributed by atoms with Crippen molar-refractivity contribution in [3.8, 4) is 0 Å². The molecule has 124 valence electrons. The van der Waals surface area contributed by atoms with Gasteiger partial charge in [0.25, 0.3) is 5.69 Å². The number of hydrogen-bond donors (Lipinski definition) is 2. The van der Waals surface area contributed by atoms with E-state index in [-0.39, 0.29) is 17.4 Å². The van der Waals surface area contributed by atoms with Gasteiger partial charge in [0.1, 0.15) is 12.0 Å². The van der Waals surface area contributed by atoms with Crippen molar-refractivity contribution in [3.05, 3.63) is 27.4 Å². The van der Waals surface area contributed by atoms with Crippen LogP contribution in [0, 0.1) is 10.1 Å². The lowest BCUT2D eigenvalue weighted by atomic mass is 10.3. The van der Waals surface area contributed by atoms with Crippen molar-refractivity contribution in [3.63, 3.8) is 0 Å². The van der Waals surface area contributed by atoms with E-state index in [0.29, 0.717) is 0 Å². The first kappa shape index (κ1) is 18.4. The lowest BCUT2D eigenvalue weighted by Gasteiger charge is -2.26. The highest BCUT2D eigenvalue weighted by atomic mass is 35.5. The minimum Gasteiger partial charge on any atom is -0.394 e. The minimum absolute atomic E-state index is 0.135. The Labute approximate surface area is 128 Å². The van der Waals surface area contributed by atoms with Gasteiger partial charge in [-0.2, -0.15) is 13.2 Å². The second kappa shape index (κ2) is 7.56. The molecule has 0 saturated carbocycles. The quantitative estimate of drug-likeness (QED) is 0.578. The standard InChI is InChI=1S/C11H13ClF3N3O4/c12-9-3-7(18(21)22)4-16-10(9)17(5-8(20)6-19)2-1-11(13,14)15/h3-4,8,19-20H,1-2,5-6H2/t8-/m0/s1. The van der Waals surface area contributed by atoms with Crippen molar-refractivity contribution in [2.75, 3.05) is 24.6 Å². The van der Waals surface area contributed by atoms with Gasteiger partial charge < -0.3 is 15.1 Å². The molecule has 22 heavy (non-hydrogen) atoms. The van der Waals surface area contributed by atoms with Crippen molar-refractivity contribution in [2.45, 2.75) is 18.7 Å². The fourth-order valence-electron chi connectivity index (χ4n) is 1.61. The smallest absolute Gasteiger partial charge is 0.390 e. The topological polar surface area (TPSA) is 99.7 Å². The minimum atomic E-state index is -4.43. The van der Waals surface area contributed by atoms with Crippen LogP contribution in [0.1, 0.15) is 6.42 Å². The van der Waals surface area contributed by atoms with Gasteiger partial charge in [-0.1, -0.05) is 11.6 Å². The van der Waals surface area contributed by atoms with Crippen LogP contribution in [-0.4, -0.2) is 52.1 Å². The summed E-state index contributed by atoms with van der Waals surface area (Å²) in [5.74, 6) is -0.135. The fraction of sp³-hybridized carbons (Fsp3) is 0.545. The van der Waals surface area contributed by atoms with Crippen molar-refractivity contribution < 1.29 is 28.3 Å². The maximum absolute atomic E-state index is 12.3. The molecule has 2 N–H and O–H groups in total. The third-order valence-corrected chi connectivity index (χ3v) is 2.90. The molecule has 0 fully saturated rings. The molecule has 0 saturated heterocycles. The molecule has 0 bridgehead atoms. The molecule has 1 rings (SSSR count). The van der Waals surface area contributed by atoms with E-state index in [1.165, 1.54) is 0 Å². The number of pyridine rings is 1. The number of aromatic nitrogens is 1. The highest BCUT2D eigenvalue weighted by molar-refractivity contribution is 6.33. The van der Waals surface area contributed by atoms with E-state index in [1.54, 1.807) is 0 Å². The van der Waals surface area contributed by atoms with Crippen LogP contribution in [0.2, 0.25) is 5.02 Å². The summed E-state index contributed by atoms with van der Waals surface area (Å²) in [7, 11) is 0. The molecule has 1 heterocycles. The molecule has 0 unspecified atom stereocenters. The van der Waals surface area contributed by atoms with Crippen LogP contribution in [0.25, 0.3) is 0 Å². The molecule has 0 aliphatic rings. The first-order valence-corrected chi connectivity index (χ1v) is 6.42. The van der Waals surface area contributed by atoms with Gasteiger partial charge in [-0.15, -0.1) is 0 Å². The molecule has 1 aromatic heterocycles. The van der Waals surface area contributed by atoms with Crippen molar-refractivity contribution >= 4 is 23.1 Å². The molecule has 0 aromatic carbocycles. The number of nitro groups is 1. The predicted octanol–water partition coefficient (Wildman–Crippen LogP) is 1.76. The Bertz CT molecular complexity index is 530. The Balaban J connectivity index is 3.01. The van der Waals surface area contributed by atoms with Gasteiger partial charge >= 0.3 is 6.18 Å². The number of alkyl halides is 3. The summed E-state index contributed by atoms with van der Waals surface area (Å²) in [6.45, 7) is -1.57. The van der Waals surface area contributed by atoms with Crippen LogP contribution in [0.15, 0.2) is 12.3 Å². The summed E-state index contributed by atoms with van der Waals surface area (Å²) in [6.07, 6.45) is -6.08. The molecule has 0 aliphatic carbocycles. The molecule has 0 amide bonds. The number of hydrogen-bond acceptors (Lipinski definition) is 6. The first-order chi connectivity index (χ1) is 10.1. The Kier molecular flexibility index (Phi) is 6.33. The number of anilines is 1. The third kappa shape index (κ3) is 5.62. The van der Waals surface area contributed by atoms with E-state index in [1.807, 2.05) is 0 Å². The Morgan fingerprint density at radius 2 is 2.14 bits per heavy atom. The van der Waals surface area contributed by atoms with Crippen LogP contribution in [-0.2, 0) is 0 Å². The van der Waals surface area contributed by atoms with Gasteiger partial charge in [-0.25, -0.2) is 4.98 Å². The summed E-state index contributed by atoms with van der Waals surface area (Å²) >= 11 is 5.81. The number of halogens is 4. The van der Waals surface area contributed by atoms with Crippen LogP contribution < -0.4 is 4.90 Å². The lowest BCUT2D eigenvalue weighted by molar-refractivity contribution is -0.385. The maximum atomic E-state index is 12.3. The number of aliphatic hydroxyl groups is 2. The van der Waals surface area contributed by atoms with Crippen molar-refractivity contribution in [2.24, 2.45) is 0 Å². The number of nitrogens with zero attached hydrogens (tertiary/aromatic N) is 3. The van der Waals surface area contributed by atoms with Gasteiger partial charge in [-0.3, -0.25) is 10.1 Å². The molecule has 11 heteroatoms. The monoisotopic (exact) mass is 343 g/mol. The van der Waals surface area contributed by atoms with Crippen LogP contribution in [0.4, 0.5) is 24.7 Å². The van der Waals surface area contributed by atoms with Crippen molar-refractivity contribution in [1.82, 2.24) is 4.98 Å². The third-order valence-electron chi connectivity index (χ3n) is 2.62. The van der Waals surface area contributed by atoms with Gasteiger partial charge in [0.05, 0.1) is 29.1 Å². The Morgan fingerprint density at radius 1 is 1.50 bits per heavy atom. The predicted molar refractivity (Wildman–Crippen MR) is 71.9 cm³/mol. The maximum Gasteiger partial charge on any atom is 0.390 e. The summed E-state index contributed by atoms with van der Waals surface area (Å²) in [5.41, 5.74) is -0.410. The lowest BCUT2D eigenvalue weighted by Crippen LogP contribution is -2.37. The zero-order chi connectivity index (χ0) is 16.9. The molecule has 0 aliphatic heterocycles. The molecular formula is C11H13ClF3N3O4. The number of rotatable bonds is 7. The summed E-state index contributed by atoms with van der Waals surface area (Å²) in [6, 6.07) is 0.954. The Morgan fingerprint density at radius 3 is 2.59 bits per heavy atom. The molecular weight excluding hydrogens is 331 g/mol. The highest BCUT2D eigenvalue weighted by Gasteiger charge is 2.29. The van der Waals surface area contributed by atoms with Crippen molar-refractivity contribution in [1.29, 1.82) is 0 Å².